The summed E-state index contributed by atoms with van der Waals surface area (Å²) in [6.07, 6.45) is 9.06. The highest BCUT2D eigenvalue weighted by Crippen LogP contribution is 2.41. The molecule has 36 heavy (non-hydrogen) atoms. The van der Waals surface area contributed by atoms with Gasteiger partial charge in [-0.1, -0.05) is 17.7 Å². The van der Waals surface area contributed by atoms with Gasteiger partial charge in [0.2, 0.25) is 0 Å². The molecule has 2 aromatic carbocycles. The SMILES string of the molecule is Cn1ccn(-c2ccc(-c3cc(F)cc(-c4cncc(N5CC6CCC(C5)N6)c4)c3O)cc2Cl)c1=O. The normalized spacial score (nSPS) is 19.1. The summed E-state index contributed by atoms with van der Waals surface area (Å²) in [6.45, 7) is 1.80. The number of anilines is 1. The summed E-state index contributed by atoms with van der Waals surface area (Å²) in [5.74, 6) is -0.542. The summed E-state index contributed by atoms with van der Waals surface area (Å²) in [5.41, 5.74) is 3.07. The van der Waals surface area contributed by atoms with Gasteiger partial charge in [0.25, 0.3) is 0 Å². The van der Waals surface area contributed by atoms with Crippen LogP contribution in [-0.4, -0.2) is 44.4 Å². The van der Waals surface area contributed by atoms with Crippen LogP contribution in [0.25, 0.3) is 27.9 Å². The summed E-state index contributed by atoms with van der Waals surface area (Å²) in [6, 6.07) is 10.5. The second-order valence-electron chi connectivity index (χ2n) is 9.55. The largest absolute Gasteiger partial charge is 0.507 e. The predicted molar refractivity (Wildman–Crippen MR) is 138 cm³/mol. The average molecular weight is 506 g/mol. The van der Waals surface area contributed by atoms with Crippen molar-refractivity contribution >= 4 is 17.3 Å². The fourth-order valence-corrected chi connectivity index (χ4v) is 5.58. The van der Waals surface area contributed by atoms with E-state index < -0.39 is 5.82 Å². The second-order valence-corrected chi connectivity index (χ2v) is 9.96. The number of piperazine rings is 1. The van der Waals surface area contributed by atoms with E-state index in [1.807, 2.05) is 12.3 Å². The quantitative estimate of drug-likeness (QED) is 0.431. The Bertz CT molecular complexity index is 1520. The molecule has 4 heterocycles. The van der Waals surface area contributed by atoms with Crippen molar-refractivity contribution in [2.75, 3.05) is 18.0 Å². The molecule has 2 N–H and O–H groups in total. The van der Waals surface area contributed by atoms with Gasteiger partial charge in [-0.05, 0) is 48.7 Å². The highest BCUT2D eigenvalue weighted by molar-refractivity contribution is 6.32. The number of halogens is 2. The number of phenolic OH excluding ortho intramolecular Hbond substituents is 1. The number of aromatic nitrogens is 3. The van der Waals surface area contributed by atoms with E-state index in [0.29, 0.717) is 45.0 Å². The molecule has 2 aliphatic heterocycles. The molecular weight excluding hydrogens is 481 g/mol. The van der Waals surface area contributed by atoms with Crippen molar-refractivity contribution in [3.8, 4) is 33.7 Å². The molecule has 7 nitrogen and oxygen atoms in total. The molecule has 2 saturated heterocycles. The maximum atomic E-state index is 14.8. The van der Waals surface area contributed by atoms with E-state index in [9.17, 15) is 14.3 Å². The summed E-state index contributed by atoms with van der Waals surface area (Å²) in [7, 11) is 1.66. The number of hydrogen-bond donors (Lipinski definition) is 2. The number of benzene rings is 2. The smallest absolute Gasteiger partial charge is 0.332 e. The number of imidazole rings is 1. The molecule has 0 amide bonds. The number of aryl methyl sites for hydroxylation is 1. The van der Waals surface area contributed by atoms with Gasteiger partial charge in [0, 0.05) is 67.5 Å². The van der Waals surface area contributed by atoms with Crippen LogP contribution in [0.2, 0.25) is 5.02 Å². The number of aromatic hydroxyl groups is 1. The monoisotopic (exact) mass is 505 g/mol. The number of rotatable bonds is 4. The van der Waals surface area contributed by atoms with E-state index >= 15 is 0 Å². The molecule has 4 aromatic rings. The van der Waals surface area contributed by atoms with Crippen LogP contribution >= 0.6 is 11.6 Å². The molecular formula is C27H25ClFN5O2. The Morgan fingerprint density at radius 1 is 1.03 bits per heavy atom. The molecule has 0 spiro atoms. The highest BCUT2D eigenvalue weighted by Gasteiger charge is 2.32. The summed E-state index contributed by atoms with van der Waals surface area (Å²) in [4.78, 5) is 19.0. The highest BCUT2D eigenvalue weighted by atomic mass is 35.5. The van der Waals surface area contributed by atoms with Gasteiger partial charge in [-0.25, -0.2) is 9.18 Å². The molecule has 9 heteroatoms. The van der Waals surface area contributed by atoms with Crippen LogP contribution in [0.5, 0.6) is 5.75 Å². The molecule has 2 fully saturated rings. The zero-order chi connectivity index (χ0) is 25.0. The van der Waals surface area contributed by atoms with Crippen LogP contribution < -0.4 is 15.9 Å². The fourth-order valence-electron chi connectivity index (χ4n) is 5.31. The Morgan fingerprint density at radius 2 is 1.75 bits per heavy atom. The Morgan fingerprint density at radius 3 is 2.42 bits per heavy atom. The van der Waals surface area contributed by atoms with Crippen molar-refractivity contribution < 1.29 is 9.50 Å². The summed E-state index contributed by atoms with van der Waals surface area (Å²) in [5, 5.41) is 15.1. The van der Waals surface area contributed by atoms with Crippen molar-refractivity contribution in [2.45, 2.75) is 24.9 Å². The van der Waals surface area contributed by atoms with Gasteiger partial charge in [0.1, 0.15) is 11.6 Å². The summed E-state index contributed by atoms with van der Waals surface area (Å²) >= 11 is 6.51. The van der Waals surface area contributed by atoms with E-state index in [1.54, 1.807) is 43.8 Å². The lowest BCUT2D eigenvalue weighted by molar-refractivity contribution is 0.465. The minimum Gasteiger partial charge on any atom is -0.507 e. The molecule has 2 aliphatic rings. The van der Waals surface area contributed by atoms with Crippen LogP contribution in [0.4, 0.5) is 10.1 Å². The zero-order valence-electron chi connectivity index (χ0n) is 19.7. The van der Waals surface area contributed by atoms with Crippen LogP contribution in [0.1, 0.15) is 12.8 Å². The van der Waals surface area contributed by atoms with Gasteiger partial charge in [0.05, 0.1) is 22.6 Å². The Hall–Kier alpha value is -3.62. The minimum atomic E-state index is -0.483. The molecule has 2 aromatic heterocycles. The van der Waals surface area contributed by atoms with Gasteiger partial charge < -0.3 is 19.9 Å². The Balaban J connectivity index is 1.37. The molecule has 0 saturated carbocycles. The van der Waals surface area contributed by atoms with E-state index in [2.05, 4.69) is 15.2 Å². The molecule has 6 rings (SSSR count). The van der Waals surface area contributed by atoms with E-state index in [0.717, 1.165) is 18.8 Å². The summed E-state index contributed by atoms with van der Waals surface area (Å²) < 4.78 is 17.7. The lowest BCUT2D eigenvalue weighted by Crippen LogP contribution is -2.51. The standard InChI is InChI=1S/C27H25ClFN5O2/c1-32-6-7-34(27(32)36)25-5-2-16(9-24(25)28)22-10-18(29)11-23(26(22)35)17-8-21(13-30-12-17)33-14-19-3-4-20(15-33)31-19/h2,5-13,19-20,31,35H,3-4,14-15H2,1H3. The number of nitrogens with one attached hydrogen (secondary N) is 1. The van der Waals surface area contributed by atoms with Crippen molar-refractivity contribution in [1.82, 2.24) is 19.4 Å². The molecule has 0 radical (unpaired) electrons. The lowest BCUT2D eigenvalue weighted by atomic mass is 9.97. The average Bonchev–Trinajstić information content (AvgIpc) is 3.39. The first-order valence-electron chi connectivity index (χ1n) is 11.9. The van der Waals surface area contributed by atoms with E-state index in [1.165, 1.54) is 34.1 Å². The van der Waals surface area contributed by atoms with Crippen LogP contribution in [0.15, 0.2) is 66.0 Å². The van der Waals surface area contributed by atoms with Gasteiger partial charge in [-0.3, -0.25) is 9.55 Å². The third-order valence-electron chi connectivity index (χ3n) is 7.16. The number of nitrogens with zero attached hydrogens (tertiary/aromatic N) is 4. The number of fused-ring (bicyclic) bond motifs is 2. The fraction of sp³-hybridized carbons (Fsp3) is 0.259. The second kappa shape index (κ2) is 8.80. The van der Waals surface area contributed by atoms with Gasteiger partial charge in [-0.15, -0.1) is 0 Å². The van der Waals surface area contributed by atoms with Crippen molar-refractivity contribution in [1.29, 1.82) is 0 Å². The minimum absolute atomic E-state index is 0.0589. The van der Waals surface area contributed by atoms with Gasteiger partial charge in [0.15, 0.2) is 0 Å². The van der Waals surface area contributed by atoms with Crippen molar-refractivity contribution in [3.63, 3.8) is 0 Å². The first-order valence-corrected chi connectivity index (χ1v) is 12.3. The predicted octanol–water partition coefficient (Wildman–Crippen LogP) is 4.34. The Labute approximate surface area is 212 Å². The van der Waals surface area contributed by atoms with E-state index in [-0.39, 0.29) is 11.4 Å². The number of phenols is 1. The van der Waals surface area contributed by atoms with Crippen LogP contribution in [-0.2, 0) is 7.05 Å². The lowest BCUT2D eigenvalue weighted by Gasteiger charge is -2.34. The third-order valence-corrected chi connectivity index (χ3v) is 7.46. The first kappa shape index (κ1) is 22.8. The zero-order valence-corrected chi connectivity index (χ0v) is 20.4. The number of hydrogen-bond acceptors (Lipinski definition) is 5. The molecule has 2 unspecified atom stereocenters. The molecule has 2 bridgehead atoms. The molecule has 0 aliphatic carbocycles. The third kappa shape index (κ3) is 3.96. The maximum absolute atomic E-state index is 14.8. The maximum Gasteiger partial charge on any atom is 0.332 e. The van der Waals surface area contributed by atoms with Crippen molar-refractivity contribution in [2.24, 2.45) is 7.05 Å². The molecule has 184 valence electrons. The molecule has 2 atom stereocenters. The first-order chi connectivity index (χ1) is 17.4. The van der Waals surface area contributed by atoms with Crippen LogP contribution in [0.3, 0.4) is 0 Å². The number of pyridine rings is 1. The van der Waals surface area contributed by atoms with Crippen LogP contribution in [0, 0.1) is 5.82 Å². The Kier molecular flexibility index (Phi) is 5.58. The van der Waals surface area contributed by atoms with E-state index in [4.69, 9.17) is 11.6 Å². The van der Waals surface area contributed by atoms with Gasteiger partial charge >= 0.3 is 5.69 Å². The topological polar surface area (TPSA) is 75.3 Å². The van der Waals surface area contributed by atoms with Gasteiger partial charge in [-0.2, -0.15) is 0 Å². The van der Waals surface area contributed by atoms with Crippen molar-refractivity contribution in [3.05, 3.63) is 82.5 Å².